The lowest BCUT2D eigenvalue weighted by Crippen LogP contribution is -1.92. The Bertz CT molecular complexity index is 603. The quantitative estimate of drug-likeness (QED) is 0.833. The lowest BCUT2D eigenvalue weighted by Gasteiger charge is -2.00. The third kappa shape index (κ3) is 5.38. The van der Waals surface area contributed by atoms with Gasteiger partial charge in [-0.15, -0.1) is 0 Å². The van der Waals surface area contributed by atoms with Crippen molar-refractivity contribution in [1.29, 1.82) is 10.5 Å². The molecule has 4 nitrogen and oxygen atoms in total. The molecule has 2 aromatic carbocycles. The summed E-state index contributed by atoms with van der Waals surface area (Å²) in [5.74, 6) is 0. The Kier molecular flexibility index (Phi) is 6.79. The van der Waals surface area contributed by atoms with E-state index in [0.29, 0.717) is 11.1 Å². The first-order valence-electron chi connectivity index (χ1n) is 6.76. The zero-order valence-corrected chi connectivity index (χ0v) is 12.6. The third-order valence-corrected chi connectivity index (χ3v) is 3.03. The minimum Gasteiger partial charge on any atom is -0.374 e. The molecule has 0 aliphatic rings. The van der Waals surface area contributed by atoms with Gasteiger partial charge in [-0.2, -0.15) is 10.5 Å². The number of rotatable bonds is 2. The second-order valence-corrected chi connectivity index (χ2v) is 4.88. The van der Waals surface area contributed by atoms with Gasteiger partial charge in [0, 0.05) is 0 Å². The van der Waals surface area contributed by atoms with Gasteiger partial charge >= 0.3 is 0 Å². The van der Waals surface area contributed by atoms with Crippen LogP contribution in [0.4, 0.5) is 0 Å². The predicted molar refractivity (Wildman–Crippen MR) is 83.5 cm³/mol. The van der Waals surface area contributed by atoms with Gasteiger partial charge in [0.15, 0.2) is 12.2 Å². The van der Waals surface area contributed by atoms with Gasteiger partial charge in [0.2, 0.25) is 0 Å². The van der Waals surface area contributed by atoms with E-state index in [4.69, 9.17) is 20.7 Å². The Labute approximate surface area is 130 Å². The highest BCUT2D eigenvalue weighted by Crippen LogP contribution is 2.12. The van der Waals surface area contributed by atoms with Crippen LogP contribution in [0.2, 0.25) is 0 Å². The lowest BCUT2D eigenvalue weighted by molar-refractivity contribution is 0.235. The molecule has 2 unspecified atom stereocenters. The normalized spacial score (nSPS) is 12.1. The second-order valence-electron chi connectivity index (χ2n) is 4.88. The van der Waals surface area contributed by atoms with Gasteiger partial charge in [0.05, 0.1) is 12.1 Å². The summed E-state index contributed by atoms with van der Waals surface area (Å²) in [7, 11) is 0. The molecule has 0 heterocycles. The number of aliphatic hydroxyl groups excluding tert-OH is 2. The first-order chi connectivity index (χ1) is 10.5. The van der Waals surface area contributed by atoms with E-state index in [9.17, 15) is 0 Å². The molecule has 112 valence electrons. The highest BCUT2D eigenvalue weighted by atomic mass is 16.3. The number of hydrogen-bond donors (Lipinski definition) is 2. The molecule has 0 fully saturated rings. The van der Waals surface area contributed by atoms with Crippen LogP contribution in [-0.2, 0) is 0 Å². The van der Waals surface area contributed by atoms with Crippen molar-refractivity contribution < 1.29 is 10.2 Å². The summed E-state index contributed by atoms with van der Waals surface area (Å²) in [6.45, 7) is 3.92. The van der Waals surface area contributed by atoms with Gasteiger partial charge in [0.1, 0.15) is 0 Å². The zero-order valence-electron chi connectivity index (χ0n) is 12.6. The van der Waals surface area contributed by atoms with Gasteiger partial charge < -0.3 is 10.2 Å². The first-order valence-corrected chi connectivity index (χ1v) is 6.76. The van der Waals surface area contributed by atoms with Crippen LogP contribution in [0.1, 0.15) is 34.5 Å². The maximum atomic E-state index is 9.06. The van der Waals surface area contributed by atoms with Crippen LogP contribution in [0.25, 0.3) is 0 Å². The van der Waals surface area contributed by atoms with E-state index in [1.807, 2.05) is 38.1 Å². The molecule has 4 heteroatoms. The van der Waals surface area contributed by atoms with E-state index in [2.05, 4.69) is 0 Å². The molecule has 2 N–H and O–H groups in total. The van der Waals surface area contributed by atoms with Crippen molar-refractivity contribution in [3.05, 3.63) is 70.8 Å². The van der Waals surface area contributed by atoms with Gasteiger partial charge in [-0.05, 0) is 25.0 Å². The molecule has 0 amide bonds. The van der Waals surface area contributed by atoms with E-state index >= 15 is 0 Å². The van der Waals surface area contributed by atoms with Gasteiger partial charge in [0.25, 0.3) is 0 Å². The SMILES string of the molecule is Cc1ccc(C(O)C#N)cc1.Cc1ccc(C(O)C#N)cc1. The minimum atomic E-state index is -0.990. The predicted octanol–water partition coefficient (Wildman–Crippen LogP) is 3.10. The Morgan fingerprint density at radius 1 is 0.682 bits per heavy atom. The second kappa shape index (κ2) is 8.59. The summed E-state index contributed by atoms with van der Waals surface area (Å²) >= 11 is 0. The Hall–Kier alpha value is -2.66. The van der Waals surface area contributed by atoms with Crippen molar-refractivity contribution in [2.45, 2.75) is 26.1 Å². The van der Waals surface area contributed by atoms with Crippen LogP contribution in [-0.4, -0.2) is 10.2 Å². The molecule has 0 aliphatic heterocycles. The van der Waals surface area contributed by atoms with Crippen molar-refractivity contribution in [3.8, 4) is 12.1 Å². The molecule has 0 saturated carbocycles. The standard InChI is InChI=1S/2C9H9NO/c2*1-7-2-4-8(5-3-7)9(11)6-10/h2*2-5,9,11H,1H3. The van der Waals surface area contributed by atoms with Crippen molar-refractivity contribution in [1.82, 2.24) is 0 Å². The van der Waals surface area contributed by atoms with Gasteiger partial charge in [-0.25, -0.2) is 0 Å². The monoisotopic (exact) mass is 294 g/mol. The van der Waals surface area contributed by atoms with Crippen molar-refractivity contribution >= 4 is 0 Å². The average molecular weight is 294 g/mol. The van der Waals surface area contributed by atoms with Crippen molar-refractivity contribution in [2.24, 2.45) is 0 Å². The molecule has 0 aliphatic carbocycles. The Balaban J connectivity index is 0.000000220. The highest BCUT2D eigenvalue weighted by Gasteiger charge is 2.03. The van der Waals surface area contributed by atoms with Crippen LogP contribution >= 0.6 is 0 Å². The minimum absolute atomic E-state index is 0.651. The number of hydrogen-bond acceptors (Lipinski definition) is 4. The number of aliphatic hydroxyl groups is 2. The largest absolute Gasteiger partial charge is 0.374 e. The summed E-state index contributed by atoms with van der Waals surface area (Å²) in [5.41, 5.74) is 3.55. The summed E-state index contributed by atoms with van der Waals surface area (Å²) < 4.78 is 0. The van der Waals surface area contributed by atoms with Crippen LogP contribution in [0.15, 0.2) is 48.5 Å². The third-order valence-electron chi connectivity index (χ3n) is 3.03. The summed E-state index contributed by atoms with van der Waals surface area (Å²) in [6.07, 6.45) is -1.98. The number of nitriles is 2. The summed E-state index contributed by atoms with van der Waals surface area (Å²) in [5, 5.41) is 34.8. The lowest BCUT2D eigenvalue weighted by atomic mass is 10.1. The van der Waals surface area contributed by atoms with Crippen LogP contribution in [0, 0.1) is 36.5 Å². The molecule has 0 spiro atoms. The molecule has 0 saturated heterocycles. The number of nitrogens with zero attached hydrogens (tertiary/aromatic N) is 2. The highest BCUT2D eigenvalue weighted by molar-refractivity contribution is 5.26. The molecule has 2 atom stereocenters. The summed E-state index contributed by atoms with van der Waals surface area (Å²) in [6, 6.07) is 18.0. The molecular weight excluding hydrogens is 276 g/mol. The molecule has 22 heavy (non-hydrogen) atoms. The van der Waals surface area contributed by atoms with Crippen LogP contribution in [0.5, 0.6) is 0 Å². The molecule has 0 bridgehead atoms. The zero-order chi connectivity index (χ0) is 16.5. The molecule has 0 aromatic heterocycles. The smallest absolute Gasteiger partial charge is 0.165 e. The molecular formula is C18H18N2O2. The molecule has 0 radical (unpaired) electrons. The summed E-state index contributed by atoms with van der Waals surface area (Å²) in [4.78, 5) is 0. The number of aryl methyl sites for hydroxylation is 2. The van der Waals surface area contributed by atoms with Crippen molar-refractivity contribution in [2.75, 3.05) is 0 Å². The fraction of sp³-hybridized carbons (Fsp3) is 0.222. The van der Waals surface area contributed by atoms with E-state index in [1.165, 1.54) is 0 Å². The Morgan fingerprint density at radius 2 is 0.955 bits per heavy atom. The fourth-order valence-electron chi connectivity index (χ4n) is 1.65. The van der Waals surface area contributed by atoms with Gasteiger partial charge in [-0.1, -0.05) is 59.7 Å². The van der Waals surface area contributed by atoms with Crippen LogP contribution < -0.4 is 0 Å². The van der Waals surface area contributed by atoms with Gasteiger partial charge in [-0.3, -0.25) is 0 Å². The fourth-order valence-corrected chi connectivity index (χ4v) is 1.65. The Morgan fingerprint density at radius 3 is 1.18 bits per heavy atom. The molecule has 2 aromatic rings. The van der Waals surface area contributed by atoms with E-state index in [-0.39, 0.29) is 0 Å². The van der Waals surface area contributed by atoms with E-state index in [1.54, 1.807) is 36.4 Å². The van der Waals surface area contributed by atoms with E-state index in [0.717, 1.165) is 11.1 Å². The van der Waals surface area contributed by atoms with Crippen molar-refractivity contribution in [3.63, 3.8) is 0 Å². The number of benzene rings is 2. The molecule has 2 rings (SSSR count). The average Bonchev–Trinajstić information content (AvgIpc) is 2.55. The maximum absolute atomic E-state index is 9.06. The topological polar surface area (TPSA) is 88.0 Å². The first kappa shape index (κ1) is 17.4. The van der Waals surface area contributed by atoms with Crippen LogP contribution in [0.3, 0.4) is 0 Å². The van der Waals surface area contributed by atoms with E-state index < -0.39 is 12.2 Å². The maximum Gasteiger partial charge on any atom is 0.165 e.